The van der Waals surface area contributed by atoms with Gasteiger partial charge in [-0.25, -0.2) is 0 Å². The van der Waals surface area contributed by atoms with E-state index >= 15 is 0 Å². The number of rotatable bonds is 2. The first-order valence-electron chi connectivity index (χ1n) is 4.29. The van der Waals surface area contributed by atoms with E-state index in [9.17, 15) is 4.79 Å². The van der Waals surface area contributed by atoms with Crippen LogP contribution < -0.4 is 5.73 Å². The third kappa shape index (κ3) is 548. The maximum Gasteiger partial charge on any atom is 0.240 e. The van der Waals surface area contributed by atoms with Crippen LogP contribution in [0.4, 0.5) is 0 Å². The van der Waals surface area contributed by atoms with Crippen LogP contribution >= 0.6 is 0 Å². The van der Waals surface area contributed by atoms with Gasteiger partial charge in [-0.15, -0.1) is 13.2 Å². The van der Waals surface area contributed by atoms with Crippen molar-refractivity contribution in [2.24, 2.45) is 5.73 Å². The topological polar surface area (TPSA) is 83.6 Å². The van der Waals surface area contributed by atoms with Crippen LogP contribution in [-0.4, -0.2) is 29.3 Å². The molecule has 0 rings (SSSR count). The fourth-order valence-corrected chi connectivity index (χ4v) is 0. The highest BCUT2D eigenvalue weighted by atomic mass is 16.3. The third-order valence-corrected chi connectivity index (χ3v) is 0.301. The van der Waals surface area contributed by atoms with E-state index < -0.39 is 5.91 Å². The van der Waals surface area contributed by atoms with Gasteiger partial charge in [-0.05, 0) is 19.9 Å². The lowest BCUT2D eigenvalue weighted by Crippen LogP contribution is -2.04. The number of nitrogens with two attached hydrogens (primary N) is 1. The quantitative estimate of drug-likeness (QED) is 0.477. The number of carbonyl (C=O) groups is 1. The number of primary amides is 1. The lowest BCUT2D eigenvalue weighted by molar-refractivity contribution is -0.113. The molecule has 0 bridgehead atoms. The Morgan fingerprint density at radius 2 is 1.27 bits per heavy atom. The first-order chi connectivity index (χ1) is 7.01. The van der Waals surface area contributed by atoms with E-state index in [4.69, 9.17) is 10.2 Å². The van der Waals surface area contributed by atoms with Crippen molar-refractivity contribution < 1.29 is 15.0 Å². The number of allylic oxidation sites excluding steroid dienone is 2. The molecule has 4 heteroatoms. The summed E-state index contributed by atoms with van der Waals surface area (Å²) >= 11 is 0. The molecule has 0 spiro atoms. The molecule has 0 atom stereocenters. The highest BCUT2D eigenvalue weighted by molar-refractivity contribution is 5.84. The Morgan fingerprint density at radius 1 is 1.13 bits per heavy atom. The summed E-state index contributed by atoms with van der Waals surface area (Å²) in [6.07, 6.45) is 4.56. The predicted molar refractivity (Wildman–Crippen MR) is 65.3 cm³/mol. The molecule has 0 saturated carbocycles. The molecule has 0 aromatic rings. The Hall–Kier alpha value is -1.39. The summed E-state index contributed by atoms with van der Waals surface area (Å²) in [5.41, 5.74) is 4.53. The summed E-state index contributed by atoms with van der Waals surface area (Å²) in [5, 5.41) is 15.2. The van der Waals surface area contributed by atoms with Gasteiger partial charge in [0, 0.05) is 0 Å². The van der Waals surface area contributed by atoms with Crippen molar-refractivity contribution in [3.05, 3.63) is 38.0 Å². The molecule has 0 unspecified atom stereocenters. The van der Waals surface area contributed by atoms with Crippen molar-refractivity contribution in [1.82, 2.24) is 0 Å². The molecule has 0 aliphatic heterocycles. The fraction of sp³-hybridized carbons (Fsp3) is 0.364. The SMILES string of the molecule is C=CC.C=CC.C=CC(N)=O.OCCO. The summed E-state index contributed by atoms with van der Waals surface area (Å²) in [6.45, 7) is 13.3. The first-order valence-corrected chi connectivity index (χ1v) is 4.29. The zero-order valence-corrected chi connectivity index (χ0v) is 9.65. The summed E-state index contributed by atoms with van der Waals surface area (Å²) in [7, 11) is 0. The van der Waals surface area contributed by atoms with Crippen molar-refractivity contribution in [2.75, 3.05) is 13.2 Å². The number of hydrogen-bond donors (Lipinski definition) is 3. The van der Waals surface area contributed by atoms with Crippen molar-refractivity contribution in [1.29, 1.82) is 0 Å². The van der Waals surface area contributed by atoms with Crippen LogP contribution in [0.1, 0.15) is 13.8 Å². The molecule has 0 radical (unpaired) electrons. The molecule has 0 heterocycles. The Morgan fingerprint density at radius 3 is 1.27 bits per heavy atom. The van der Waals surface area contributed by atoms with Crippen LogP contribution in [0.2, 0.25) is 0 Å². The first kappa shape index (κ1) is 23.4. The second-order valence-corrected chi connectivity index (χ2v) is 1.87. The van der Waals surface area contributed by atoms with Gasteiger partial charge in [0.2, 0.25) is 5.91 Å². The molecule has 0 aliphatic rings. The van der Waals surface area contributed by atoms with Gasteiger partial charge in [0.15, 0.2) is 0 Å². The standard InChI is InChI=1S/C3H5NO.2C3H6.C2H6O2/c1-2-3(4)5;2*1-3-2;3-1-2-4/h2H,1H2,(H2,4,5);2*3H,1H2,2H3;3-4H,1-2H2. The van der Waals surface area contributed by atoms with Crippen LogP contribution in [0.25, 0.3) is 0 Å². The Labute approximate surface area is 92.4 Å². The van der Waals surface area contributed by atoms with Gasteiger partial charge < -0.3 is 15.9 Å². The Balaban J connectivity index is -0.0000000553. The second kappa shape index (κ2) is 38.9. The highest BCUT2D eigenvalue weighted by Gasteiger charge is 1.69. The number of amides is 1. The van der Waals surface area contributed by atoms with E-state index in [0.29, 0.717) is 0 Å². The number of carbonyl (C=O) groups excluding carboxylic acids is 1. The number of aliphatic hydroxyl groups excluding tert-OH is 2. The average molecular weight is 217 g/mol. The van der Waals surface area contributed by atoms with Crippen LogP contribution in [0.3, 0.4) is 0 Å². The smallest absolute Gasteiger partial charge is 0.240 e. The minimum atomic E-state index is -0.481. The minimum Gasteiger partial charge on any atom is -0.394 e. The van der Waals surface area contributed by atoms with Crippen molar-refractivity contribution >= 4 is 5.91 Å². The zero-order valence-electron chi connectivity index (χ0n) is 9.65. The molecule has 0 aromatic carbocycles. The molecule has 0 aromatic heterocycles. The van der Waals surface area contributed by atoms with Gasteiger partial charge in [-0.2, -0.15) is 0 Å². The number of aliphatic hydroxyl groups is 2. The maximum absolute atomic E-state index is 9.47. The average Bonchev–Trinajstić information content (AvgIpc) is 2.20. The molecule has 4 N–H and O–H groups in total. The maximum atomic E-state index is 9.47. The molecular weight excluding hydrogens is 194 g/mol. The third-order valence-electron chi connectivity index (χ3n) is 0.301. The van der Waals surface area contributed by atoms with Crippen LogP contribution in [-0.2, 0) is 4.79 Å². The van der Waals surface area contributed by atoms with Gasteiger partial charge in [-0.1, -0.05) is 18.7 Å². The summed E-state index contributed by atoms with van der Waals surface area (Å²) in [5.74, 6) is -0.481. The summed E-state index contributed by atoms with van der Waals surface area (Å²) in [4.78, 5) is 9.47. The summed E-state index contributed by atoms with van der Waals surface area (Å²) < 4.78 is 0. The van der Waals surface area contributed by atoms with Gasteiger partial charge >= 0.3 is 0 Å². The van der Waals surface area contributed by atoms with E-state index in [0.717, 1.165) is 6.08 Å². The van der Waals surface area contributed by atoms with Crippen LogP contribution in [0, 0.1) is 0 Å². The van der Waals surface area contributed by atoms with Gasteiger partial charge in [0.05, 0.1) is 13.2 Å². The molecule has 15 heavy (non-hydrogen) atoms. The zero-order chi connectivity index (χ0) is 13.1. The normalized spacial score (nSPS) is 5.87. The van der Waals surface area contributed by atoms with Gasteiger partial charge in [0.25, 0.3) is 0 Å². The van der Waals surface area contributed by atoms with E-state index in [-0.39, 0.29) is 13.2 Å². The van der Waals surface area contributed by atoms with Crippen molar-refractivity contribution in [2.45, 2.75) is 13.8 Å². The van der Waals surface area contributed by atoms with Gasteiger partial charge in [-0.3, -0.25) is 4.79 Å². The molecule has 0 aliphatic carbocycles. The molecule has 1 amide bonds. The highest BCUT2D eigenvalue weighted by Crippen LogP contribution is 1.48. The molecule has 0 saturated heterocycles. The lowest BCUT2D eigenvalue weighted by Gasteiger charge is -1.70. The van der Waals surface area contributed by atoms with Crippen LogP contribution in [0.5, 0.6) is 0 Å². The Bertz CT molecular complexity index is 137. The van der Waals surface area contributed by atoms with Crippen LogP contribution in [0.15, 0.2) is 38.0 Å². The number of hydrogen-bond acceptors (Lipinski definition) is 3. The van der Waals surface area contributed by atoms with E-state index in [2.05, 4.69) is 25.5 Å². The van der Waals surface area contributed by atoms with E-state index in [1.165, 1.54) is 0 Å². The summed E-state index contributed by atoms with van der Waals surface area (Å²) in [6, 6.07) is 0. The molecule has 90 valence electrons. The Kier molecular flexibility index (Phi) is 60.8. The lowest BCUT2D eigenvalue weighted by atomic mass is 10.6. The molecule has 0 fully saturated rings. The minimum absolute atomic E-state index is 0.125. The predicted octanol–water partition coefficient (Wildman–Crippen LogP) is 1.01. The second-order valence-electron chi connectivity index (χ2n) is 1.87. The van der Waals surface area contributed by atoms with Gasteiger partial charge in [0.1, 0.15) is 0 Å². The van der Waals surface area contributed by atoms with E-state index in [1.54, 1.807) is 12.2 Å². The monoisotopic (exact) mass is 217 g/mol. The molecular formula is C11H23NO3. The largest absolute Gasteiger partial charge is 0.394 e. The van der Waals surface area contributed by atoms with Crippen molar-refractivity contribution in [3.8, 4) is 0 Å². The van der Waals surface area contributed by atoms with E-state index in [1.807, 2.05) is 13.8 Å². The fourth-order valence-electron chi connectivity index (χ4n) is 0. The molecule has 4 nitrogen and oxygen atoms in total. The van der Waals surface area contributed by atoms with Crippen molar-refractivity contribution in [3.63, 3.8) is 0 Å².